The van der Waals surface area contributed by atoms with Crippen molar-refractivity contribution in [2.45, 2.75) is 0 Å². The summed E-state index contributed by atoms with van der Waals surface area (Å²) in [5.41, 5.74) is 0. The minimum absolute atomic E-state index is 0. The Morgan fingerprint density at radius 3 is 1.71 bits per heavy atom. The number of rotatable bonds is 0. The Kier molecular flexibility index (Phi) is 8.24. The van der Waals surface area contributed by atoms with Crippen LogP contribution in [0.4, 0.5) is 0 Å². The third-order valence-electron chi connectivity index (χ3n) is 0.383. The molecule has 0 aromatic rings. The molecular formula is C3H10InNS2. The monoisotopic (exact) mass is 239 g/mol. The molecule has 0 radical (unpaired) electrons. The van der Waals surface area contributed by atoms with Crippen molar-refractivity contribution in [2.75, 3.05) is 14.1 Å². The van der Waals surface area contributed by atoms with Gasteiger partial charge in [0, 0.05) is 14.1 Å². The molecule has 0 saturated heterocycles. The van der Waals surface area contributed by atoms with Crippen molar-refractivity contribution in [3.8, 4) is 0 Å². The Bertz CT molecular complexity index is 64.0. The molecule has 0 amide bonds. The van der Waals surface area contributed by atoms with Crippen LogP contribution in [0.5, 0.6) is 0 Å². The van der Waals surface area contributed by atoms with Crippen molar-refractivity contribution in [2.24, 2.45) is 0 Å². The van der Waals surface area contributed by atoms with Gasteiger partial charge < -0.3 is 4.90 Å². The molecule has 0 aromatic carbocycles. The summed E-state index contributed by atoms with van der Waals surface area (Å²) in [5.74, 6) is 0. The molecular weight excluding hydrogens is 229 g/mol. The quantitative estimate of drug-likeness (QED) is 0.451. The van der Waals surface area contributed by atoms with Crippen molar-refractivity contribution in [3.63, 3.8) is 0 Å². The van der Waals surface area contributed by atoms with E-state index in [9.17, 15) is 0 Å². The van der Waals surface area contributed by atoms with Crippen LogP contribution in [0.25, 0.3) is 0 Å². The molecule has 0 aliphatic rings. The third-order valence-corrected chi connectivity index (χ3v) is 1.15. The summed E-state index contributed by atoms with van der Waals surface area (Å²) in [6, 6.07) is 0. The van der Waals surface area contributed by atoms with Gasteiger partial charge in [-0.25, -0.2) is 0 Å². The van der Waals surface area contributed by atoms with E-state index in [-0.39, 0.29) is 25.8 Å². The topological polar surface area (TPSA) is 3.24 Å². The average Bonchev–Trinajstić information content (AvgIpc) is 1.36. The molecule has 42 valence electrons. The van der Waals surface area contributed by atoms with E-state index in [2.05, 4.69) is 24.8 Å². The van der Waals surface area contributed by atoms with E-state index >= 15 is 0 Å². The molecule has 7 heavy (non-hydrogen) atoms. The standard InChI is InChI=1S/C3H7NS2.In.3H/c1-4(2)3(5)6;;;;/h1-2H3,(H,5,6);;;;. The first-order valence-electron chi connectivity index (χ1n) is 1.55. The Morgan fingerprint density at radius 2 is 1.71 bits per heavy atom. The number of hydrogen-bond acceptors (Lipinski definition) is 1. The fourth-order valence-electron chi connectivity index (χ4n) is 0. The molecule has 0 spiro atoms. The van der Waals surface area contributed by atoms with E-state index in [0.29, 0.717) is 4.32 Å². The maximum atomic E-state index is 4.61. The normalized spacial score (nSPS) is 6.71. The van der Waals surface area contributed by atoms with Gasteiger partial charge >= 0.3 is 25.8 Å². The van der Waals surface area contributed by atoms with Crippen LogP contribution in [0.1, 0.15) is 0 Å². The molecule has 0 aromatic heterocycles. The maximum absolute atomic E-state index is 4.61. The van der Waals surface area contributed by atoms with E-state index in [4.69, 9.17) is 0 Å². The molecule has 4 heteroatoms. The van der Waals surface area contributed by atoms with Gasteiger partial charge in [0.1, 0.15) is 4.32 Å². The molecule has 0 rings (SSSR count). The second kappa shape index (κ2) is 5.25. The predicted molar refractivity (Wildman–Crippen MR) is 45.2 cm³/mol. The van der Waals surface area contributed by atoms with Gasteiger partial charge in [0.05, 0.1) is 0 Å². The van der Waals surface area contributed by atoms with E-state index in [1.54, 1.807) is 4.90 Å². The van der Waals surface area contributed by atoms with Crippen LogP contribution in [0.3, 0.4) is 0 Å². The van der Waals surface area contributed by atoms with Gasteiger partial charge in [0.25, 0.3) is 0 Å². The van der Waals surface area contributed by atoms with Gasteiger partial charge in [-0.2, -0.15) is 0 Å². The minimum atomic E-state index is 0. The molecule has 0 aliphatic carbocycles. The zero-order valence-corrected chi connectivity index (χ0v) is 5.51. The Morgan fingerprint density at radius 1 is 1.57 bits per heavy atom. The summed E-state index contributed by atoms with van der Waals surface area (Å²) in [4.78, 5) is 1.76. The fraction of sp³-hybridized carbons (Fsp3) is 0.667. The van der Waals surface area contributed by atoms with E-state index in [1.165, 1.54) is 0 Å². The number of thiocarbonyl (C=S) groups is 1. The van der Waals surface area contributed by atoms with Crippen LogP contribution < -0.4 is 0 Å². The van der Waals surface area contributed by atoms with Crippen LogP contribution in [-0.2, 0) is 0 Å². The zero-order valence-electron chi connectivity index (χ0n) is 3.80. The van der Waals surface area contributed by atoms with Gasteiger partial charge in [0.2, 0.25) is 0 Å². The number of nitrogens with zero attached hydrogens (tertiary/aromatic N) is 1. The molecule has 0 bridgehead atoms. The first kappa shape index (κ1) is 11.0. The average molecular weight is 239 g/mol. The van der Waals surface area contributed by atoms with Gasteiger partial charge in [0.15, 0.2) is 0 Å². The summed E-state index contributed by atoms with van der Waals surface area (Å²) in [6.07, 6.45) is 0. The predicted octanol–water partition coefficient (Wildman–Crippen LogP) is -0.421. The third kappa shape index (κ3) is 7.11. The summed E-state index contributed by atoms with van der Waals surface area (Å²) >= 11 is 8.46. The summed E-state index contributed by atoms with van der Waals surface area (Å²) in [7, 11) is 3.71. The first-order valence-corrected chi connectivity index (χ1v) is 2.40. The molecule has 0 N–H and O–H groups in total. The van der Waals surface area contributed by atoms with Crippen molar-refractivity contribution in [1.82, 2.24) is 4.90 Å². The van der Waals surface area contributed by atoms with Gasteiger partial charge in [-0.05, 0) is 0 Å². The molecule has 0 heterocycles. The number of thiol groups is 1. The second-order valence-electron chi connectivity index (χ2n) is 1.18. The van der Waals surface area contributed by atoms with Crippen LogP contribution in [0.15, 0.2) is 0 Å². The number of hydrogen-bond donors (Lipinski definition) is 1. The first-order chi connectivity index (χ1) is 2.64. The molecule has 0 unspecified atom stereocenters. The van der Waals surface area contributed by atoms with Crippen molar-refractivity contribution >= 4 is 55.0 Å². The summed E-state index contributed by atoms with van der Waals surface area (Å²) < 4.78 is 0.620. The Hall–Kier alpha value is 1.11. The summed E-state index contributed by atoms with van der Waals surface area (Å²) in [5, 5.41) is 0. The Balaban J connectivity index is 0. The van der Waals surface area contributed by atoms with Crippen molar-refractivity contribution in [1.29, 1.82) is 0 Å². The SMILES string of the molecule is CN(C)C(=S)S.[InH3]. The molecule has 0 fully saturated rings. The van der Waals surface area contributed by atoms with Crippen molar-refractivity contribution < 1.29 is 0 Å². The molecule has 0 aliphatic heterocycles. The molecule has 0 atom stereocenters. The van der Waals surface area contributed by atoms with Crippen LogP contribution in [-0.4, -0.2) is 49.2 Å². The van der Waals surface area contributed by atoms with Crippen LogP contribution >= 0.6 is 24.8 Å². The van der Waals surface area contributed by atoms with Gasteiger partial charge in [-0.15, -0.1) is 12.6 Å². The molecule has 1 nitrogen and oxygen atoms in total. The van der Waals surface area contributed by atoms with E-state index in [0.717, 1.165) is 0 Å². The van der Waals surface area contributed by atoms with Gasteiger partial charge in [-0.3, -0.25) is 0 Å². The second-order valence-corrected chi connectivity index (χ2v) is 2.29. The van der Waals surface area contributed by atoms with Gasteiger partial charge in [-0.1, -0.05) is 12.2 Å². The molecule has 0 saturated carbocycles. The van der Waals surface area contributed by atoms with E-state index < -0.39 is 0 Å². The van der Waals surface area contributed by atoms with Crippen LogP contribution in [0.2, 0.25) is 0 Å². The fourth-order valence-corrected chi connectivity index (χ4v) is 0. The Labute approximate surface area is 73.7 Å². The van der Waals surface area contributed by atoms with Crippen molar-refractivity contribution in [3.05, 3.63) is 0 Å². The van der Waals surface area contributed by atoms with Crippen LogP contribution in [0, 0.1) is 0 Å². The summed E-state index contributed by atoms with van der Waals surface area (Å²) in [6.45, 7) is 0. The zero-order chi connectivity index (χ0) is 5.15. The van der Waals surface area contributed by atoms with E-state index in [1.807, 2.05) is 14.1 Å².